The topological polar surface area (TPSA) is 72.9 Å². The number of carboxylic acid groups (broad SMARTS) is 1. The number of aryl methyl sites for hydroxylation is 1. The molecule has 1 N–H and O–H groups in total. The van der Waals surface area contributed by atoms with Crippen molar-refractivity contribution in [1.82, 2.24) is 19.3 Å². The van der Waals surface area contributed by atoms with Gasteiger partial charge in [-0.1, -0.05) is 6.07 Å². The van der Waals surface area contributed by atoms with Gasteiger partial charge in [-0.3, -0.25) is 4.68 Å². The van der Waals surface area contributed by atoms with E-state index >= 15 is 0 Å². The van der Waals surface area contributed by atoms with E-state index in [0.29, 0.717) is 12.1 Å². The number of carbonyl (C=O) groups is 1. The summed E-state index contributed by atoms with van der Waals surface area (Å²) in [6.45, 7) is 0.559. The molecular weight excluding hydrogens is 244 g/mol. The number of hydrogen-bond acceptors (Lipinski definition) is 3. The van der Waals surface area contributed by atoms with Crippen molar-refractivity contribution in [3.63, 3.8) is 0 Å². The summed E-state index contributed by atoms with van der Waals surface area (Å²) in [4.78, 5) is 15.3. The van der Waals surface area contributed by atoms with E-state index in [1.165, 1.54) is 6.33 Å². The van der Waals surface area contributed by atoms with Crippen molar-refractivity contribution in [2.75, 3.05) is 0 Å². The van der Waals surface area contributed by atoms with Crippen LogP contribution in [0.15, 0.2) is 36.8 Å². The molecule has 0 aliphatic carbocycles. The van der Waals surface area contributed by atoms with Gasteiger partial charge >= 0.3 is 5.97 Å². The number of hydrogen-bond donors (Lipinski definition) is 1. The zero-order valence-electron chi connectivity index (χ0n) is 10.3. The molecule has 6 heteroatoms. The molecule has 0 atom stereocenters. The Morgan fingerprint density at radius 1 is 1.37 bits per heavy atom. The van der Waals surface area contributed by atoms with Crippen LogP contribution in [0.2, 0.25) is 0 Å². The highest BCUT2D eigenvalue weighted by Crippen LogP contribution is 2.21. The van der Waals surface area contributed by atoms with Crippen molar-refractivity contribution >= 4 is 16.9 Å². The van der Waals surface area contributed by atoms with E-state index in [2.05, 4.69) is 10.1 Å². The maximum atomic E-state index is 11.2. The molecule has 0 radical (unpaired) electrons. The summed E-state index contributed by atoms with van der Waals surface area (Å²) in [6, 6.07) is 7.07. The highest BCUT2D eigenvalue weighted by Gasteiger charge is 2.11. The van der Waals surface area contributed by atoms with Gasteiger partial charge in [0.1, 0.15) is 12.2 Å². The third-order valence-corrected chi connectivity index (χ3v) is 3.16. The smallest absolute Gasteiger partial charge is 0.336 e. The molecule has 0 unspecified atom stereocenters. The first-order valence-corrected chi connectivity index (χ1v) is 5.81. The number of fused-ring (bicyclic) bond motifs is 1. The minimum atomic E-state index is -0.915. The summed E-state index contributed by atoms with van der Waals surface area (Å²) < 4.78 is 3.67. The standard InChI is InChI=1S/C13H12N4O2/c1-16-12(14-8-15-16)7-17-6-5-9-10(13(18)19)3-2-4-11(9)17/h2-6,8H,7H2,1H3,(H,18,19). The molecule has 19 heavy (non-hydrogen) atoms. The fourth-order valence-electron chi connectivity index (χ4n) is 2.16. The fraction of sp³-hybridized carbons (Fsp3) is 0.154. The molecule has 0 saturated heterocycles. The predicted octanol–water partition coefficient (Wildman–Crippen LogP) is 1.52. The van der Waals surface area contributed by atoms with Crippen molar-refractivity contribution in [2.24, 2.45) is 7.05 Å². The van der Waals surface area contributed by atoms with Crippen molar-refractivity contribution in [3.8, 4) is 0 Å². The molecule has 6 nitrogen and oxygen atoms in total. The van der Waals surface area contributed by atoms with Crippen molar-refractivity contribution in [3.05, 3.63) is 48.2 Å². The third kappa shape index (κ3) is 1.87. The number of benzene rings is 1. The van der Waals surface area contributed by atoms with Gasteiger partial charge in [-0.15, -0.1) is 0 Å². The lowest BCUT2D eigenvalue weighted by Gasteiger charge is -2.05. The molecule has 0 amide bonds. The average molecular weight is 256 g/mol. The Morgan fingerprint density at radius 3 is 2.89 bits per heavy atom. The van der Waals surface area contributed by atoms with Gasteiger partial charge in [0.15, 0.2) is 0 Å². The van der Waals surface area contributed by atoms with Crippen molar-refractivity contribution < 1.29 is 9.90 Å². The van der Waals surface area contributed by atoms with E-state index < -0.39 is 5.97 Å². The Bertz CT molecular complexity index is 757. The predicted molar refractivity (Wildman–Crippen MR) is 69.0 cm³/mol. The van der Waals surface area contributed by atoms with Crippen molar-refractivity contribution in [1.29, 1.82) is 0 Å². The molecule has 2 aromatic heterocycles. The van der Waals surface area contributed by atoms with Crippen LogP contribution in [0.3, 0.4) is 0 Å². The minimum absolute atomic E-state index is 0.314. The Balaban J connectivity index is 2.09. The normalized spacial score (nSPS) is 11.0. The van der Waals surface area contributed by atoms with E-state index in [1.807, 2.05) is 29.9 Å². The number of rotatable bonds is 3. The molecule has 0 saturated carbocycles. The maximum absolute atomic E-state index is 11.2. The monoisotopic (exact) mass is 256 g/mol. The Labute approximate surface area is 108 Å². The Kier molecular flexibility index (Phi) is 2.56. The minimum Gasteiger partial charge on any atom is -0.478 e. The van der Waals surface area contributed by atoms with Crippen LogP contribution in [0.5, 0.6) is 0 Å². The number of carboxylic acids is 1. The molecule has 0 spiro atoms. The van der Waals surface area contributed by atoms with Crippen molar-refractivity contribution in [2.45, 2.75) is 6.54 Å². The zero-order valence-corrected chi connectivity index (χ0v) is 10.3. The van der Waals surface area contributed by atoms with Crippen LogP contribution in [0.25, 0.3) is 10.9 Å². The number of nitrogens with zero attached hydrogens (tertiary/aromatic N) is 4. The first-order valence-electron chi connectivity index (χ1n) is 5.81. The van der Waals surface area contributed by atoms with Crippen LogP contribution in [0.1, 0.15) is 16.2 Å². The quantitative estimate of drug-likeness (QED) is 0.771. The van der Waals surface area contributed by atoms with Gasteiger partial charge in [0.2, 0.25) is 0 Å². The second kappa shape index (κ2) is 4.24. The lowest BCUT2D eigenvalue weighted by Crippen LogP contribution is -2.06. The van der Waals surface area contributed by atoms with E-state index in [-0.39, 0.29) is 0 Å². The van der Waals surface area contributed by atoms with Crippen LogP contribution in [-0.2, 0) is 13.6 Å². The molecule has 0 bridgehead atoms. The van der Waals surface area contributed by atoms with Gasteiger partial charge in [-0.05, 0) is 18.2 Å². The highest BCUT2D eigenvalue weighted by atomic mass is 16.4. The summed E-state index contributed by atoms with van der Waals surface area (Å²) >= 11 is 0. The molecule has 2 heterocycles. The zero-order chi connectivity index (χ0) is 13.4. The van der Waals surface area contributed by atoms with Gasteiger partial charge in [0.25, 0.3) is 0 Å². The summed E-state index contributed by atoms with van der Waals surface area (Å²) in [5, 5.41) is 13.9. The molecule has 3 rings (SSSR count). The van der Waals surface area contributed by atoms with Crippen LogP contribution in [0.4, 0.5) is 0 Å². The molecule has 0 aliphatic rings. The van der Waals surface area contributed by atoms with Gasteiger partial charge in [-0.25, -0.2) is 9.78 Å². The highest BCUT2D eigenvalue weighted by molar-refractivity contribution is 6.02. The first-order chi connectivity index (χ1) is 9.16. The van der Waals surface area contributed by atoms with Gasteiger partial charge < -0.3 is 9.67 Å². The summed E-state index contributed by atoms with van der Waals surface area (Å²) in [6.07, 6.45) is 3.37. The van der Waals surface area contributed by atoms with E-state index in [1.54, 1.807) is 16.8 Å². The Morgan fingerprint density at radius 2 is 2.21 bits per heavy atom. The molecule has 1 aromatic carbocycles. The first kappa shape index (κ1) is 11.5. The van der Waals surface area contributed by atoms with E-state index in [4.69, 9.17) is 5.11 Å². The fourth-order valence-corrected chi connectivity index (χ4v) is 2.16. The molecular formula is C13H12N4O2. The Hall–Kier alpha value is -2.63. The van der Waals surface area contributed by atoms with Crippen LogP contribution in [-0.4, -0.2) is 30.4 Å². The van der Waals surface area contributed by atoms with Crippen LogP contribution in [0, 0.1) is 0 Å². The molecule has 3 aromatic rings. The van der Waals surface area contributed by atoms with Gasteiger partial charge in [0.05, 0.1) is 12.1 Å². The molecule has 96 valence electrons. The lowest BCUT2D eigenvalue weighted by atomic mass is 10.1. The number of aromatic nitrogens is 4. The number of aromatic carboxylic acids is 1. The molecule has 0 aliphatic heterocycles. The SMILES string of the molecule is Cn1ncnc1Cn1ccc2c(C(=O)O)cccc21. The second-order valence-electron chi connectivity index (χ2n) is 4.29. The maximum Gasteiger partial charge on any atom is 0.336 e. The largest absolute Gasteiger partial charge is 0.478 e. The molecule has 0 fully saturated rings. The van der Waals surface area contributed by atoms with Crippen LogP contribution < -0.4 is 0 Å². The van der Waals surface area contributed by atoms with E-state index in [9.17, 15) is 4.79 Å². The summed E-state index contributed by atoms with van der Waals surface area (Å²) in [7, 11) is 1.83. The van der Waals surface area contributed by atoms with Gasteiger partial charge in [0, 0.05) is 24.1 Å². The second-order valence-corrected chi connectivity index (χ2v) is 4.29. The van der Waals surface area contributed by atoms with Gasteiger partial charge in [-0.2, -0.15) is 5.10 Å². The average Bonchev–Trinajstić information content (AvgIpc) is 2.97. The van der Waals surface area contributed by atoms with Crippen LogP contribution >= 0.6 is 0 Å². The third-order valence-electron chi connectivity index (χ3n) is 3.16. The summed E-state index contributed by atoms with van der Waals surface area (Å²) in [5.41, 5.74) is 1.19. The van der Waals surface area contributed by atoms with E-state index in [0.717, 1.165) is 16.7 Å². The lowest BCUT2D eigenvalue weighted by molar-refractivity contribution is 0.0699. The summed E-state index contributed by atoms with van der Waals surface area (Å²) in [5.74, 6) is -0.0970.